The molecule has 0 aliphatic rings. The normalized spacial score (nSPS) is 10.0. The molecule has 0 aliphatic carbocycles. The molecule has 0 unspecified atom stereocenters. The fourth-order valence-electron chi connectivity index (χ4n) is 1.47. The molecular formula is C14H18N2O5S2. The number of ether oxygens (including phenoxy) is 1. The van der Waals surface area contributed by atoms with Gasteiger partial charge in [-0.1, -0.05) is 33.7 Å². The van der Waals surface area contributed by atoms with Crippen molar-refractivity contribution in [3.8, 4) is 5.75 Å². The second-order valence-corrected chi connectivity index (χ2v) is 6.87. The minimum atomic E-state index is -0.651. The molecule has 0 bridgehead atoms. The molecule has 23 heavy (non-hydrogen) atoms. The van der Waals surface area contributed by atoms with Gasteiger partial charge in [-0.05, 0) is 12.1 Å². The predicted molar refractivity (Wildman–Crippen MR) is 90.6 cm³/mol. The standard InChI is InChI=1S/C14H18N2O5S2/c1-10(18)21-12-5-3-2-4-11(12)13(19)16-14(20)15-6-8-22-23-9-7-17/h2-5,17H,6-9H2,1H3,(H2,15,16,19,20). The number of para-hydroxylation sites is 1. The topological polar surface area (TPSA) is 105 Å². The third kappa shape index (κ3) is 7.91. The summed E-state index contributed by atoms with van der Waals surface area (Å²) in [5.74, 6) is 0.175. The number of urea groups is 1. The van der Waals surface area contributed by atoms with Crippen molar-refractivity contribution in [2.45, 2.75) is 6.92 Å². The first-order chi connectivity index (χ1) is 11.0. The second kappa shape index (κ2) is 10.9. The van der Waals surface area contributed by atoms with Crippen LogP contribution < -0.4 is 15.4 Å². The molecule has 0 atom stereocenters. The van der Waals surface area contributed by atoms with Crippen molar-refractivity contribution in [2.75, 3.05) is 24.7 Å². The highest BCUT2D eigenvalue weighted by Crippen LogP contribution is 2.19. The van der Waals surface area contributed by atoms with Crippen molar-refractivity contribution in [3.63, 3.8) is 0 Å². The SMILES string of the molecule is CC(=O)Oc1ccccc1C(=O)NC(=O)NCCSSCCO. The lowest BCUT2D eigenvalue weighted by molar-refractivity contribution is -0.131. The van der Waals surface area contributed by atoms with E-state index in [2.05, 4.69) is 10.6 Å². The van der Waals surface area contributed by atoms with E-state index >= 15 is 0 Å². The Labute approximate surface area is 141 Å². The molecule has 1 aromatic rings. The van der Waals surface area contributed by atoms with Gasteiger partial charge in [-0.25, -0.2) is 4.79 Å². The predicted octanol–water partition coefficient (Wildman–Crippen LogP) is 1.43. The molecule has 0 aromatic heterocycles. The van der Waals surface area contributed by atoms with Gasteiger partial charge >= 0.3 is 12.0 Å². The van der Waals surface area contributed by atoms with E-state index < -0.39 is 17.9 Å². The number of aliphatic hydroxyl groups is 1. The summed E-state index contributed by atoms with van der Waals surface area (Å²) in [7, 11) is 3.02. The third-order valence-electron chi connectivity index (χ3n) is 2.34. The highest BCUT2D eigenvalue weighted by molar-refractivity contribution is 8.76. The molecule has 0 heterocycles. The molecule has 9 heteroatoms. The Morgan fingerprint density at radius 3 is 2.57 bits per heavy atom. The van der Waals surface area contributed by atoms with Crippen LogP contribution in [0.25, 0.3) is 0 Å². The van der Waals surface area contributed by atoms with E-state index in [1.165, 1.54) is 40.6 Å². The number of nitrogens with one attached hydrogen (secondary N) is 2. The van der Waals surface area contributed by atoms with Crippen LogP contribution >= 0.6 is 21.6 Å². The van der Waals surface area contributed by atoms with Crippen molar-refractivity contribution in [3.05, 3.63) is 29.8 Å². The number of carbonyl (C=O) groups excluding carboxylic acids is 3. The lowest BCUT2D eigenvalue weighted by Crippen LogP contribution is -2.40. The first-order valence-corrected chi connectivity index (χ1v) is 9.25. The zero-order chi connectivity index (χ0) is 17.1. The molecule has 0 saturated carbocycles. The molecule has 0 aliphatic heterocycles. The number of carbonyl (C=O) groups is 3. The largest absolute Gasteiger partial charge is 0.426 e. The molecule has 0 fully saturated rings. The van der Waals surface area contributed by atoms with Crippen molar-refractivity contribution >= 4 is 39.5 Å². The van der Waals surface area contributed by atoms with Crippen LogP contribution in [0.4, 0.5) is 4.79 Å². The van der Waals surface area contributed by atoms with Gasteiger partial charge in [-0.15, -0.1) is 0 Å². The number of aliphatic hydroxyl groups excluding tert-OH is 1. The Morgan fingerprint density at radius 2 is 1.87 bits per heavy atom. The summed E-state index contributed by atoms with van der Waals surface area (Å²) in [6.07, 6.45) is 0. The van der Waals surface area contributed by atoms with Gasteiger partial charge in [0.15, 0.2) is 0 Å². The van der Waals surface area contributed by atoms with Gasteiger partial charge in [-0.3, -0.25) is 14.9 Å². The van der Waals surface area contributed by atoms with E-state index in [1.807, 2.05) is 0 Å². The van der Waals surface area contributed by atoms with E-state index in [1.54, 1.807) is 12.1 Å². The van der Waals surface area contributed by atoms with E-state index in [-0.39, 0.29) is 17.9 Å². The Bertz CT molecular complexity index is 554. The molecule has 0 radical (unpaired) electrons. The first-order valence-electron chi connectivity index (χ1n) is 6.76. The zero-order valence-electron chi connectivity index (χ0n) is 12.5. The zero-order valence-corrected chi connectivity index (χ0v) is 14.2. The average Bonchev–Trinajstić information content (AvgIpc) is 2.50. The lowest BCUT2D eigenvalue weighted by Gasteiger charge is -2.09. The summed E-state index contributed by atoms with van der Waals surface area (Å²) < 4.78 is 4.93. The van der Waals surface area contributed by atoms with Gasteiger partial charge in [0.05, 0.1) is 12.2 Å². The molecule has 3 N–H and O–H groups in total. The smallest absolute Gasteiger partial charge is 0.321 e. The van der Waals surface area contributed by atoms with E-state index in [0.717, 1.165) is 0 Å². The fourth-order valence-corrected chi connectivity index (χ4v) is 3.15. The van der Waals surface area contributed by atoms with Gasteiger partial charge < -0.3 is 15.2 Å². The number of hydrogen-bond donors (Lipinski definition) is 3. The van der Waals surface area contributed by atoms with Crippen LogP contribution in [0.3, 0.4) is 0 Å². The fraction of sp³-hybridized carbons (Fsp3) is 0.357. The van der Waals surface area contributed by atoms with Crippen LogP contribution in [0, 0.1) is 0 Å². The molecule has 1 aromatic carbocycles. The molecular weight excluding hydrogens is 340 g/mol. The van der Waals surface area contributed by atoms with E-state index in [9.17, 15) is 14.4 Å². The lowest BCUT2D eigenvalue weighted by atomic mass is 10.2. The summed E-state index contributed by atoms with van der Waals surface area (Å²) in [6.45, 7) is 1.73. The van der Waals surface area contributed by atoms with Crippen molar-refractivity contribution in [1.29, 1.82) is 0 Å². The Kier molecular flexibility index (Phi) is 9.18. The highest BCUT2D eigenvalue weighted by Gasteiger charge is 2.15. The summed E-state index contributed by atoms with van der Waals surface area (Å²) in [5.41, 5.74) is 0.103. The van der Waals surface area contributed by atoms with Crippen LogP contribution in [0.1, 0.15) is 17.3 Å². The van der Waals surface area contributed by atoms with Crippen molar-refractivity contribution in [1.82, 2.24) is 10.6 Å². The quantitative estimate of drug-likeness (QED) is 0.279. The van der Waals surface area contributed by atoms with Gasteiger partial charge in [0, 0.05) is 25.0 Å². The van der Waals surface area contributed by atoms with E-state index in [0.29, 0.717) is 18.1 Å². The van der Waals surface area contributed by atoms with Crippen molar-refractivity contribution < 1.29 is 24.2 Å². The Hall–Kier alpha value is -1.71. The third-order valence-corrected chi connectivity index (χ3v) is 4.73. The molecule has 3 amide bonds. The highest BCUT2D eigenvalue weighted by atomic mass is 33.1. The number of imide groups is 1. The average molecular weight is 358 g/mol. The first kappa shape index (κ1) is 19.3. The monoisotopic (exact) mass is 358 g/mol. The molecule has 126 valence electrons. The van der Waals surface area contributed by atoms with Crippen LogP contribution in [-0.2, 0) is 4.79 Å². The summed E-state index contributed by atoms with van der Waals surface area (Å²) in [4.78, 5) is 34.7. The number of rotatable bonds is 8. The minimum absolute atomic E-state index is 0.0984. The van der Waals surface area contributed by atoms with Gasteiger partial charge in [-0.2, -0.15) is 0 Å². The van der Waals surface area contributed by atoms with Crippen LogP contribution in [0.15, 0.2) is 24.3 Å². The Balaban J connectivity index is 2.43. The van der Waals surface area contributed by atoms with E-state index in [4.69, 9.17) is 9.84 Å². The number of benzene rings is 1. The van der Waals surface area contributed by atoms with Crippen LogP contribution in [-0.4, -0.2) is 47.7 Å². The number of esters is 1. The van der Waals surface area contributed by atoms with Gasteiger partial charge in [0.25, 0.3) is 5.91 Å². The summed E-state index contributed by atoms with van der Waals surface area (Å²) >= 11 is 0. The maximum Gasteiger partial charge on any atom is 0.321 e. The maximum atomic E-state index is 12.0. The molecule has 1 rings (SSSR count). The van der Waals surface area contributed by atoms with Gasteiger partial charge in [0.1, 0.15) is 5.75 Å². The summed E-state index contributed by atoms with van der Waals surface area (Å²) in [5, 5.41) is 13.3. The number of hydrogen-bond acceptors (Lipinski definition) is 7. The summed E-state index contributed by atoms with van der Waals surface area (Å²) in [6, 6.07) is 5.54. The maximum absolute atomic E-state index is 12.0. The van der Waals surface area contributed by atoms with Crippen molar-refractivity contribution in [2.24, 2.45) is 0 Å². The Morgan fingerprint density at radius 1 is 1.17 bits per heavy atom. The second-order valence-electron chi connectivity index (χ2n) is 4.17. The van der Waals surface area contributed by atoms with Crippen LogP contribution in [0.2, 0.25) is 0 Å². The molecule has 7 nitrogen and oxygen atoms in total. The minimum Gasteiger partial charge on any atom is -0.426 e. The van der Waals surface area contributed by atoms with Gasteiger partial charge in [0.2, 0.25) is 0 Å². The molecule has 0 saturated heterocycles. The van der Waals surface area contributed by atoms with Crippen LogP contribution in [0.5, 0.6) is 5.75 Å². The molecule has 0 spiro atoms. The number of amides is 3.